The van der Waals surface area contributed by atoms with Crippen LogP contribution in [0.25, 0.3) is 0 Å². The van der Waals surface area contributed by atoms with Gasteiger partial charge in [-0.2, -0.15) is 0 Å². The van der Waals surface area contributed by atoms with Gasteiger partial charge in [0.15, 0.2) is 0 Å². The number of rotatable bonds is 12. The van der Waals surface area contributed by atoms with Crippen LogP contribution in [0, 0.1) is 0 Å². The van der Waals surface area contributed by atoms with Crippen molar-refractivity contribution in [3.63, 3.8) is 0 Å². The summed E-state index contributed by atoms with van der Waals surface area (Å²) in [5.41, 5.74) is 5.58. The quantitative estimate of drug-likeness (QED) is 0.368. The first-order valence-corrected chi connectivity index (χ1v) is 7.59. The second kappa shape index (κ2) is 11.9. The van der Waals surface area contributed by atoms with Gasteiger partial charge < -0.3 is 16.4 Å². The number of hydrogen-bond donors (Lipinski definition) is 3. The van der Waals surface area contributed by atoms with Gasteiger partial charge in [0.25, 0.3) is 0 Å². The molecule has 0 saturated heterocycles. The summed E-state index contributed by atoms with van der Waals surface area (Å²) in [4.78, 5) is 2.50. The smallest absolute Gasteiger partial charge is 0.0581 e. The molecule has 0 rings (SSSR count). The molecular weight excluding hydrogens is 224 g/mol. The van der Waals surface area contributed by atoms with Crippen molar-refractivity contribution in [1.82, 2.24) is 15.5 Å². The van der Waals surface area contributed by atoms with Crippen molar-refractivity contribution >= 4 is 0 Å². The molecule has 0 bridgehead atoms. The van der Waals surface area contributed by atoms with Gasteiger partial charge in [-0.15, -0.1) is 0 Å². The standard InChI is InChI=1S/C14H34N4/c1-5-10-16-13(3)18(12-8-7-9-15)14(4)17-11-6-2/h13-14,16-17H,5-12,15H2,1-4H3. The van der Waals surface area contributed by atoms with E-state index in [2.05, 4.69) is 43.2 Å². The molecule has 0 spiro atoms. The van der Waals surface area contributed by atoms with Gasteiger partial charge in [0.05, 0.1) is 12.3 Å². The fourth-order valence-corrected chi connectivity index (χ4v) is 2.10. The lowest BCUT2D eigenvalue weighted by Crippen LogP contribution is -2.53. The third kappa shape index (κ3) is 8.03. The highest BCUT2D eigenvalue weighted by atomic mass is 15.3. The fourth-order valence-electron chi connectivity index (χ4n) is 2.10. The zero-order valence-corrected chi connectivity index (χ0v) is 12.8. The minimum absolute atomic E-state index is 0.419. The number of nitrogens with one attached hydrogen (secondary N) is 2. The summed E-state index contributed by atoms with van der Waals surface area (Å²) in [6, 6.07) is 0. The van der Waals surface area contributed by atoms with E-state index in [0.717, 1.165) is 32.6 Å². The fraction of sp³-hybridized carbons (Fsp3) is 1.00. The first-order valence-electron chi connectivity index (χ1n) is 7.59. The van der Waals surface area contributed by atoms with E-state index in [1.54, 1.807) is 0 Å². The summed E-state index contributed by atoms with van der Waals surface area (Å²) in [5.74, 6) is 0. The largest absolute Gasteiger partial charge is 0.330 e. The van der Waals surface area contributed by atoms with Crippen LogP contribution in [0.2, 0.25) is 0 Å². The molecule has 0 aliphatic carbocycles. The second-order valence-electron chi connectivity index (χ2n) is 4.99. The van der Waals surface area contributed by atoms with Crippen LogP contribution in [0.1, 0.15) is 53.4 Å². The van der Waals surface area contributed by atoms with Crippen molar-refractivity contribution in [3.05, 3.63) is 0 Å². The molecule has 110 valence electrons. The minimum Gasteiger partial charge on any atom is -0.330 e. The van der Waals surface area contributed by atoms with E-state index < -0.39 is 0 Å². The van der Waals surface area contributed by atoms with Crippen molar-refractivity contribution in [2.75, 3.05) is 26.2 Å². The lowest BCUT2D eigenvalue weighted by Gasteiger charge is -2.35. The highest BCUT2D eigenvalue weighted by Gasteiger charge is 2.18. The maximum Gasteiger partial charge on any atom is 0.0581 e. The molecule has 0 aromatic rings. The van der Waals surface area contributed by atoms with Crippen molar-refractivity contribution in [1.29, 1.82) is 0 Å². The zero-order chi connectivity index (χ0) is 13.8. The number of nitrogens with zero attached hydrogens (tertiary/aromatic N) is 1. The van der Waals surface area contributed by atoms with Gasteiger partial charge in [-0.25, -0.2) is 0 Å². The summed E-state index contributed by atoms with van der Waals surface area (Å²) in [7, 11) is 0. The maximum atomic E-state index is 5.58. The summed E-state index contributed by atoms with van der Waals surface area (Å²) >= 11 is 0. The summed E-state index contributed by atoms with van der Waals surface area (Å²) in [6.45, 7) is 13.0. The minimum atomic E-state index is 0.419. The van der Waals surface area contributed by atoms with Gasteiger partial charge >= 0.3 is 0 Å². The highest BCUT2D eigenvalue weighted by molar-refractivity contribution is 4.71. The highest BCUT2D eigenvalue weighted by Crippen LogP contribution is 2.04. The monoisotopic (exact) mass is 258 g/mol. The lowest BCUT2D eigenvalue weighted by molar-refractivity contribution is 0.106. The van der Waals surface area contributed by atoms with Crippen LogP contribution in [0.5, 0.6) is 0 Å². The number of hydrogen-bond acceptors (Lipinski definition) is 4. The Labute approximate surface area is 114 Å². The molecule has 4 N–H and O–H groups in total. The van der Waals surface area contributed by atoms with Crippen LogP contribution in [-0.4, -0.2) is 43.4 Å². The molecule has 0 radical (unpaired) electrons. The Bertz CT molecular complexity index is 161. The molecule has 0 aliphatic rings. The van der Waals surface area contributed by atoms with Gasteiger partial charge in [-0.05, 0) is 59.2 Å². The SMILES string of the molecule is CCCNC(C)N(CCCCN)C(C)NCCC. The average Bonchev–Trinajstić information content (AvgIpc) is 2.38. The molecule has 0 aliphatic heterocycles. The van der Waals surface area contributed by atoms with Crippen molar-refractivity contribution in [2.45, 2.75) is 65.7 Å². The first kappa shape index (κ1) is 17.8. The van der Waals surface area contributed by atoms with Crippen molar-refractivity contribution in [3.8, 4) is 0 Å². The Morgan fingerprint density at radius 2 is 1.44 bits per heavy atom. The van der Waals surface area contributed by atoms with Gasteiger partial charge in [-0.3, -0.25) is 4.90 Å². The molecule has 0 aromatic carbocycles. The van der Waals surface area contributed by atoms with Crippen LogP contribution >= 0.6 is 0 Å². The topological polar surface area (TPSA) is 53.3 Å². The Hall–Kier alpha value is -0.160. The van der Waals surface area contributed by atoms with Gasteiger partial charge in [-0.1, -0.05) is 13.8 Å². The number of unbranched alkanes of at least 4 members (excludes halogenated alkanes) is 1. The Balaban J connectivity index is 4.20. The van der Waals surface area contributed by atoms with E-state index in [1.165, 1.54) is 19.3 Å². The van der Waals surface area contributed by atoms with Gasteiger partial charge in [0.1, 0.15) is 0 Å². The third-order valence-electron chi connectivity index (χ3n) is 3.24. The maximum absolute atomic E-state index is 5.58. The molecule has 0 amide bonds. The molecule has 18 heavy (non-hydrogen) atoms. The molecule has 4 nitrogen and oxygen atoms in total. The van der Waals surface area contributed by atoms with Gasteiger partial charge in [0, 0.05) is 6.54 Å². The average molecular weight is 258 g/mol. The van der Waals surface area contributed by atoms with E-state index in [-0.39, 0.29) is 0 Å². The predicted octanol–water partition coefficient (Wildman–Crippen LogP) is 1.72. The predicted molar refractivity (Wildman–Crippen MR) is 80.5 cm³/mol. The van der Waals surface area contributed by atoms with Crippen LogP contribution in [0.15, 0.2) is 0 Å². The van der Waals surface area contributed by atoms with Crippen LogP contribution in [-0.2, 0) is 0 Å². The normalized spacial score (nSPS) is 15.0. The van der Waals surface area contributed by atoms with E-state index in [9.17, 15) is 0 Å². The van der Waals surface area contributed by atoms with Gasteiger partial charge in [0.2, 0.25) is 0 Å². The van der Waals surface area contributed by atoms with Crippen LogP contribution in [0.3, 0.4) is 0 Å². The van der Waals surface area contributed by atoms with Crippen LogP contribution in [0.4, 0.5) is 0 Å². The van der Waals surface area contributed by atoms with Crippen molar-refractivity contribution < 1.29 is 0 Å². The molecule has 2 unspecified atom stereocenters. The van der Waals surface area contributed by atoms with E-state index in [0.29, 0.717) is 12.3 Å². The van der Waals surface area contributed by atoms with E-state index in [1.807, 2.05) is 0 Å². The van der Waals surface area contributed by atoms with Crippen molar-refractivity contribution in [2.24, 2.45) is 5.73 Å². The summed E-state index contributed by atoms with van der Waals surface area (Å²) in [5, 5.41) is 7.14. The number of nitrogens with two attached hydrogens (primary N) is 1. The lowest BCUT2D eigenvalue weighted by atomic mass is 10.2. The molecule has 2 atom stereocenters. The second-order valence-corrected chi connectivity index (χ2v) is 4.99. The first-order chi connectivity index (χ1) is 8.67. The molecule has 0 fully saturated rings. The Kier molecular flexibility index (Phi) is 11.8. The van der Waals surface area contributed by atoms with E-state index >= 15 is 0 Å². The molecule has 0 saturated carbocycles. The molecule has 4 heteroatoms. The van der Waals surface area contributed by atoms with E-state index in [4.69, 9.17) is 5.73 Å². The van der Waals surface area contributed by atoms with Crippen LogP contribution < -0.4 is 16.4 Å². The molecule has 0 aromatic heterocycles. The molecule has 0 heterocycles. The third-order valence-corrected chi connectivity index (χ3v) is 3.24. The summed E-state index contributed by atoms with van der Waals surface area (Å²) in [6.07, 6.45) is 5.48. The Morgan fingerprint density at radius 3 is 1.83 bits per heavy atom. The zero-order valence-electron chi connectivity index (χ0n) is 12.8. The molecular formula is C14H34N4. The summed E-state index contributed by atoms with van der Waals surface area (Å²) < 4.78 is 0. The Morgan fingerprint density at radius 1 is 0.944 bits per heavy atom.